The highest BCUT2D eigenvalue weighted by molar-refractivity contribution is 7.89. The second-order valence-corrected chi connectivity index (χ2v) is 14.5. The molecule has 3 heterocycles. The number of hydrogen-bond donors (Lipinski definition) is 2. The Hall–Kier alpha value is -3.17. The Kier molecular flexibility index (Phi) is 7.81. The predicted molar refractivity (Wildman–Crippen MR) is 161 cm³/mol. The monoisotopic (exact) mass is 563 g/mol. The number of carbonyl (C=O) groups is 1. The average molecular weight is 564 g/mol. The molecule has 2 fully saturated rings. The fourth-order valence-corrected chi connectivity index (χ4v) is 7.66. The second-order valence-electron chi connectivity index (χ2n) is 12.3. The molecule has 0 aliphatic carbocycles. The number of carbonyl (C=O) groups excluding carboxylic acids is 1. The zero-order valence-electron chi connectivity index (χ0n) is 24.1. The Morgan fingerprint density at radius 1 is 0.975 bits per heavy atom. The molecule has 3 aromatic rings. The van der Waals surface area contributed by atoms with Gasteiger partial charge in [-0.05, 0) is 81.7 Å². The molecule has 2 atom stereocenters. The lowest BCUT2D eigenvalue weighted by Crippen LogP contribution is -2.47. The molecule has 2 bridgehead atoms. The third-order valence-electron chi connectivity index (χ3n) is 8.18. The molecule has 2 N–H and O–H groups in total. The number of sulfonamides is 1. The summed E-state index contributed by atoms with van der Waals surface area (Å²) in [6, 6.07) is 17.9. The van der Waals surface area contributed by atoms with Gasteiger partial charge in [-0.1, -0.05) is 50.6 Å². The largest absolute Gasteiger partial charge is 0.324 e. The van der Waals surface area contributed by atoms with E-state index >= 15 is 0 Å². The maximum Gasteiger partial charge on any atom is 0.324 e. The summed E-state index contributed by atoms with van der Waals surface area (Å²) in [5, 5.41) is 10.7. The number of rotatable bonds is 7. The SMILES string of the molecule is CCS(=O)(=O)N1C2CCC1CC(Cc1ccc(NC(=O)Nc3cc(C(C)(C)C)nn3-c3ccc(C)cc3)cc1)C2. The second kappa shape index (κ2) is 11.0. The van der Waals surface area contributed by atoms with Crippen molar-refractivity contribution in [1.82, 2.24) is 14.1 Å². The smallest absolute Gasteiger partial charge is 0.308 e. The van der Waals surface area contributed by atoms with Crippen LogP contribution in [-0.4, -0.2) is 46.4 Å². The molecule has 2 aliphatic rings. The van der Waals surface area contributed by atoms with Gasteiger partial charge in [-0.3, -0.25) is 5.32 Å². The zero-order chi connectivity index (χ0) is 28.7. The van der Waals surface area contributed by atoms with E-state index in [1.807, 2.05) is 53.7 Å². The van der Waals surface area contributed by atoms with E-state index in [0.29, 0.717) is 17.4 Å². The Labute approximate surface area is 238 Å². The number of amides is 2. The van der Waals surface area contributed by atoms with Crippen LogP contribution < -0.4 is 10.6 Å². The van der Waals surface area contributed by atoms with Crippen molar-refractivity contribution in [3.63, 3.8) is 0 Å². The van der Waals surface area contributed by atoms with Gasteiger partial charge in [-0.25, -0.2) is 17.9 Å². The molecule has 1 aromatic heterocycles. The van der Waals surface area contributed by atoms with Crippen LogP contribution in [0.2, 0.25) is 0 Å². The highest BCUT2D eigenvalue weighted by Crippen LogP contribution is 2.41. The molecular weight excluding hydrogens is 522 g/mol. The predicted octanol–water partition coefficient (Wildman–Crippen LogP) is 6.26. The molecule has 2 unspecified atom stereocenters. The summed E-state index contributed by atoms with van der Waals surface area (Å²) < 4.78 is 28.7. The van der Waals surface area contributed by atoms with Gasteiger partial charge in [-0.2, -0.15) is 9.40 Å². The average Bonchev–Trinajstić information content (AvgIpc) is 3.45. The number of nitrogens with one attached hydrogen (secondary N) is 2. The van der Waals surface area contributed by atoms with E-state index < -0.39 is 10.0 Å². The summed E-state index contributed by atoms with van der Waals surface area (Å²) in [6.07, 6.45) is 4.70. The van der Waals surface area contributed by atoms with Gasteiger partial charge in [0.1, 0.15) is 5.82 Å². The number of fused-ring (bicyclic) bond motifs is 2. The van der Waals surface area contributed by atoms with E-state index in [9.17, 15) is 13.2 Å². The molecule has 2 saturated heterocycles. The van der Waals surface area contributed by atoms with Crippen LogP contribution in [-0.2, 0) is 21.9 Å². The van der Waals surface area contributed by atoms with E-state index in [2.05, 4.69) is 43.5 Å². The van der Waals surface area contributed by atoms with Gasteiger partial charge in [0.05, 0.1) is 17.1 Å². The number of hydrogen-bond acceptors (Lipinski definition) is 4. The Balaban J connectivity index is 1.22. The Morgan fingerprint density at radius 2 is 1.60 bits per heavy atom. The number of anilines is 2. The van der Waals surface area contributed by atoms with Gasteiger partial charge < -0.3 is 5.32 Å². The summed E-state index contributed by atoms with van der Waals surface area (Å²) in [5.41, 5.74) is 4.67. The van der Waals surface area contributed by atoms with Crippen molar-refractivity contribution in [1.29, 1.82) is 0 Å². The third kappa shape index (κ3) is 6.10. The minimum Gasteiger partial charge on any atom is -0.308 e. The van der Waals surface area contributed by atoms with Crippen LogP contribution in [0.4, 0.5) is 16.3 Å². The molecule has 5 rings (SSSR count). The lowest BCUT2D eigenvalue weighted by molar-refractivity contribution is 0.190. The summed E-state index contributed by atoms with van der Waals surface area (Å²) >= 11 is 0. The van der Waals surface area contributed by atoms with Crippen molar-refractivity contribution in [3.8, 4) is 5.69 Å². The van der Waals surface area contributed by atoms with Crippen LogP contribution in [0.25, 0.3) is 5.69 Å². The van der Waals surface area contributed by atoms with Crippen LogP contribution in [0.15, 0.2) is 54.6 Å². The molecule has 2 amide bonds. The van der Waals surface area contributed by atoms with Crippen LogP contribution in [0.3, 0.4) is 0 Å². The van der Waals surface area contributed by atoms with Gasteiger partial charge in [0.2, 0.25) is 10.0 Å². The first-order valence-electron chi connectivity index (χ1n) is 14.3. The summed E-state index contributed by atoms with van der Waals surface area (Å²) in [5.74, 6) is 1.26. The van der Waals surface area contributed by atoms with E-state index in [1.165, 1.54) is 5.56 Å². The first kappa shape index (κ1) is 28.4. The molecule has 0 spiro atoms. The standard InChI is InChI=1S/C31H41N5O3S/c1-6-40(38,39)36-26-15-16-27(36)19-23(18-26)17-22-9-11-24(12-10-22)32-30(37)33-29-20-28(31(3,4)5)34-35(29)25-13-7-21(2)8-14-25/h7-14,20,23,26-27H,6,15-19H2,1-5H3,(H2,32,33,37). The van der Waals surface area contributed by atoms with Crippen molar-refractivity contribution in [2.24, 2.45) is 5.92 Å². The normalized spacial score (nSPS) is 21.4. The minimum atomic E-state index is -3.14. The highest BCUT2D eigenvalue weighted by atomic mass is 32.2. The maximum absolute atomic E-state index is 13.0. The van der Waals surface area contributed by atoms with Gasteiger partial charge in [-0.15, -0.1) is 0 Å². The number of piperidine rings is 1. The third-order valence-corrected chi connectivity index (χ3v) is 10.2. The maximum atomic E-state index is 13.0. The fraction of sp³-hybridized carbons (Fsp3) is 0.484. The van der Waals surface area contributed by atoms with Crippen LogP contribution in [0.5, 0.6) is 0 Å². The van der Waals surface area contributed by atoms with Crippen molar-refractivity contribution >= 4 is 27.6 Å². The number of aryl methyl sites for hydroxylation is 1. The molecule has 8 nitrogen and oxygen atoms in total. The quantitative estimate of drug-likeness (QED) is 0.355. The number of benzene rings is 2. The highest BCUT2D eigenvalue weighted by Gasteiger charge is 2.45. The van der Waals surface area contributed by atoms with Crippen molar-refractivity contribution < 1.29 is 13.2 Å². The Bertz CT molecular complexity index is 1440. The lowest BCUT2D eigenvalue weighted by Gasteiger charge is -2.37. The Morgan fingerprint density at radius 3 is 2.17 bits per heavy atom. The lowest BCUT2D eigenvalue weighted by atomic mass is 9.87. The van der Waals surface area contributed by atoms with E-state index in [1.54, 1.807) is 11.6 Å². The number of aromatic nitrogens is 2. The minimum absolute atomic E-state index is 0.144. The van der Waals surface area contributed by atoms with Crippen molar-refractivity contribution in [2.75, 3.05) is 16.4 Å². The van der Waals surface area contributed by atoms with Crippen LogP contribution in [0, 0.1) is 12.8 Å². The summed E-state index contributed by atoms with van der Waals surface area (Å²) in [6.45, 7) is 10.1. The molecule has 214 valence electrons. The van der Waals surface area contributed by atoms with Gasteiger partial charge in [0, 0.05) is 29.3 Å². The van der Waals surface area contributed by atoms with Crippen molar-refractivity contribution in [2.45, 2.75) is 84.2 Å². The fourth-order valence-electron chi connectivity index (χ4n) is 6.07. The van der Waals surface area contributed by atoms with Crippen molar-refractivity contribution in [3.05, 3.63) is 71.4 Å². The molecule has 0 saturated carbocycles. The molecule has 0 radical (unpaired) electrons. The first-order valence-corrected chi connectivity index (χ1v) is 15.9. The summed E-state index contributed by atoms with van der Waals surface area (Å²) in [7, 11) is -3.14. The number of urea groups is 1. The van der Waals surface area contributed by atoms with Gasteiger partial charge in [0.15, 0.2) is 0 Å². The van der Waals surface area contributed by atoms with Crippen LogP contribution >= 0.6 is 0 Å². The number of nitrogens with zero attached hydrogens (tertiary/aromatic N) is 3. The molecular formula is C31H41N5O3S. The molecule has 2 aliphatic heterocycles. The molecule has 2 aromatic carbocycles. The van der Waals surface area contributed by atoms with Gasteiger partial charge >= 0.3 is 6.03 Å². The van der Waals surface area contributed by atoms with E-state index in [0.717, 1.165) is 49.0 Å². The van der Waals surface area contributed by atoms with E-state index in [4.69, 9.17) is 5.10 Å². The topological polar surface area (TPSA) is 96.3 Å². The summed E-state index contributed by atoms with van der Waals surface area (Å²) in [4.78, 5) is 13.0. The molecule has 9 heteroatoms. The zero-order valence-corrected chi connectivity index (χ0v) is 25.0. The first-order chi connectivity index (χ1) is 18.9. The van der Waals surface area contributed by atoms with Crippen LogP contribution in [0.1, 0.15) is 70.2 Å². The van der Waals surface area contributed by atoms with Gasteiger partial charge in [0.25, 0.3) is 0 Å². The molecule has 40 heavy (non-hydrogen) atoms. The van der Waals surface area contributed by atoms with E-state index in [-0.39, 0.29) is 29.3 Å².